The van der Waals surface area contributed by atoms with Crippen LogP contribution in [-0.2, 0) is 4.74 Å². The number of rotatable bonds is 3. The molecule has 0 aromatic carbocycles. The third-order valence-electron chi connectivity index (χ3n) is 7.78. The lowest BCUT2D eigenvalue weighted by Crippen LogP contribution is -2.53. The van der Waals surface area contributed by atoms with E-state index in [1.807, 2.05) is 4.90 Å². The van der Waals surface area contributed by atoms with Gasteiger partial charge in [-0.25, -0.2) is 4.79 Å². The molecule has 3 unspecified atom stereocenters. The molecule has 6 nitrogen and oxygen atoms in total. The zero-order chi connectivity index (χ0) is 19.5. The zero-order valence-electron chi connectivity index (χ0n) is 17.5. The molecule has 0 aromatic rings. The smallest absolute Gasteiger partial charge is 0.317 e. The van der Waals surface area contributed by atoms with E-state index >= 15 is 0 Å². The predicted molar refractivity (Wildman–Crippen MR) is 109 cm³/mol. The van der Waals surface area contributed by atoms with Gasteiger partial charge in [0.25, 0.3) is 0 Å². The first-order chi connectivity index (χ1) is 13.6. The molecular formula is C22H39N3O3. The second-order valence-corrected chi connectivity index (χ2v) is 9.67. The van der Waals surface area contributed by atoms with Gasteiger partial charge in [0.2, 0.25) is 0 Å². The van der Waals surface area contributed by atoms with Crippen molar-refractivity contribution in [1.29, 1.82) is 0 Å². The highest BCUT2D eigenvalue weighted by molar-refractivity contribution is 5.75. The van der Waals surface area contributed by atoms with Gasteiger partial charge < -0.3 is 25.0 Å². The summed E-state index contributed by atoms with van der Waals surface area (Å²) in [5, 5.41) is 13.7. The van der Waals surface area contributed by atoms with Gasteiger partial charge >= 0.3 is 6.03 Å². The van der Waals surface area contributed by atoms with Gasteiger partial charge in [-0.05, 0) is 76.8 Å². The molecule has 3 atom stereocenters. The van der Waals surface area contributed by atoms with Crippen LogP contribution < -0.4 is 5.32 Å². The minimum atomic E-state index is -0.338. The van der Waals surface area contributed by atoms with Crippen molar-refractivity contribution in [2.75, 3.05) is 32.8 Å². The molecule has 4 aliphatic rings. The van der Waals surface area contributed by atoms with Gasteiger partial charge in [-0.1, -0.05) is 6.92 Å². The standard InChI is InChI=1S/C22H39N3O3/c1-16-8-12-24(13-9-16)18-6-4-17(5-7-18)23-22(27)25-11-2-3-20(25)19-15-28-14-10-21(19)26/h16-21,26H,2-15H2,1H3,(H,23,27). The lowest BCUT2D eigenvalue weighted by atomic mass is 9.88. The van der Waals surface area contributed by atoms with Crippen LogP contribution in [0.15, 0.2) is 0 Å². The number of amides is 2. The largest absolute Gasteiger partial charge is 0.393 e. The predicted octanol–water partition coefficient (Wildman–Crippen LogP) is 2.60. The van der Waals surface area contributed by atoms with Crippen molar-refractivity contribution < 1.29 is 14.6 Å². The summed E-state index contributed by atoms with van der Waals surface area (Å²) in [6.45, 7) is 6.90. The fraction of sp³-hybridized carbons (Fsp3) is 0.955. The second kappa shape index (κ2) is 9.31. The van der Waals surface area contributed by atoms with Gasteiger partial charge in [0, 0.05) is 37.2 Å². The van der Waals surface area contributed by atoms with E-state index in [4.69, 9.17) is 4.74 Å². The number of piperidine rings is 1. The maximum absolute atomic E-state index is 13.0. The molecule has 0 aromatic heterocycles. The quantitative estimate of drug-likeness (QED) is 0.774. The number of urea groups is 1. The molecule has 4 fully saturated rings. The number of nitrogens with one attached hydrogen (secondary N) is 1. The molecule has 0 bridgehead atoms. The molecule has 2 N–H and O–H groups in total. The summed E-state index contributed by atoms with van der Waals surface area (Å²) >= 11 is 0. The van der Waals surface area contributed by atoms with Crippen LogP contribution in [-0.4, -0.2) is 78.0 Å². The number of nitrogens with zero attached hydrogens (tertiary/aromatic N) is 2. The van der Waals surface area contributed by atoms with E-state index in [0.717, 1.165) is 44.2 Å². The van der Waals surface area contributed by atoms with Crippen molar-refractivity contribution >= 4 is 6.03 Å². The van der Waals surface area contributed by atoms with Crippen molar-refractivity contribution in [2.24, 2.45) is 11.8 Å². The van der Waals surface area contributed by atoms with Crippen LogP contribution in [0.4, 0.5) is 4.79 Å². The first-order valence-corrected chi connectivity index (χ1v) is 11.7. The molecule has 3 heterocycles. The summed E-state index contributed by atoms with van der Waals surface area (Å²) in [7, 11) is 0. The van der Waals surface area contributed by atoms with E-state index in [9.17, 15) is 9.90 Å². The third-order valence-corrected chi connectivity index (χ3v) is 7.78. The summed E-state index contributed by atoms with van der Waals surface area (Å²) in [5.41, 5.74) is 0. The van der Waals surface area contributed by atoms with E-state index in [-0.39, 0.29) is 24.1 Å². The molecule has 3 aliphatic heterocycles. The number of hydrogen-bond acceptors (Lipinski definition) is 4. The van der Waals surface area contributed by atoms with E-state index in [1.165, 1.54) is 38.8 Å². The Labute approximate surface area is 170 Å². The summed E-state index contributed by atoms with van der Waals surface area (Å²) in [4.78, 5) is 17.7. The number of aliphatic hydroxyl groups is 1. The summed E-state index contributed by atoms with van der Waals surface area (Å²) in [6, 6.07) is 1.23. The zero-order valence-corrected chi connectivity index (χ0v) is 17.5. The topological polar surface area (TPSA) is 65.0 Å². The number of carbonyl (C=O) groups is 1. The number of hydrogen-bond donors (Lipinski definition) is 2. The molecule has 1 aliphatic carbocycles. The number of carbonyl (C=O) groups excluding carboxylic acids is 1. The minimum Gasteiger partial charge on any atom is -0.393 e. The maximum atomic E-state index is 13.0. The molecule has 0 spiro atoms. The fourth-order valence-electron chi connectivity index (χ4n) is 5.84. The van der Waals surface area contributed by atoms with Crippen molar-refractivity contribution in [2.45, 2.75) is 88.9 Å². The van der Waals surface area contributed by atoms with Crippen LogP contribution in [0.2, 0.25) is 0 Å². The van der Waals surface area contributed by atoms with Crippen molar-refractivity contribution in [3.63, 3.8) is 0 Å². The van der Waals surface area contributed by atoms with Crippen LogP contribution in [0.1, 0.15) is 64.7 Å². The Morgan fingerprint density at radius 1 is 1.00 bits per heavy atom. The number of aliphatic hydroxyl groups excluding tert-OH is 1. The van der Waals surface area contributed by atoms with Gasteiger partial charge in [-0.15, -0.1) is 0 Å². The third kappa shape index (κ3) is 4.65. The Morgan fingerprint density at radius 3 is 2.46 bits per heavy atom. The summed E-state index contributed by atoms with van der Waals surface area (Å²) < 4.78 is 5.60. The summed E-state index contributed by atoms with van der Waals surface area (Å²) in [6.07, 6.45) is 9.64. The van der Waals surface area contributed by atoms with Gasteiger partial charge in [0.15, 0.2) is 0 Å². The highest BCUT2D eigenvalue weighted by atomic mass is 16.5. The van der Waals surface area contributed by atoms with E-state index < -0.39 is 0 Å². The molecule has 4 rings (SSSR count). The van der Waals surface area contributed by atoms with Gasteiger partial charge in [0.1, 0.15) is 0 Å². The molecule has 28 heavy (non-hydrogen) atoms. The molecule has 2 amide bonds. The Bertz CT molecular complexity index is 515. The Morgan fingerprint density at radius 2 is 1.75 bits per heavy atom. The number of ether oxygens (including phenoxy) is 1. The van der Waals surface area contributed by atoms with Gasteiger partial charge in [-0.3, -0.25) is 0 Å². The average molecular weight is 394 g/mol. The lowest BCUT2D eigenvalue weighted by molar-refractivity contribution is -0.0577. The average Bonchev–Trinajstić information content (AvgIpc) is 3.19. The summed E-state index contributed by atoms with van der Waals surface area (Å²) in [5.74, 6) is 0.951. The Kier molecular flexibility index (Phi) is 6.79. The number of likely N-dealkylation sites (tertiary alicyclic amines) is 2. The monoisotopic (exact) mass is 393 g/mol. The molecular weight excluding hydrogens is 354 g/mol. The van der Waals surface area contributed by atoms with Gasteiger partial charge in [-0.2, -0.15) is 0 Å². The molecule has 6 heteroatoms. The molecule has 0 radical (unpaired) electrons. The minimum absolute atomic E-state index is 0.0687. The fourth-order valence-corrected chi connectivity index (χ4v) is 5.84. The van der Waals surface area contributed by atoms with Crippen LogP contribution in [0.5, 0.6) is 0 Å². The first kappa shape index (κ1) is 20.4. The van der Waals surface area contributed by atoms with Crippen LogP contribution >= 0.6 is 0 Å². The molecule has 1 saturated carbocycles. The van der Waals surface area contributed by atoms with Gasteiger partial charge in [0.05, 0.1) is 12.7 Å². The normalized spacial score (nSPS) is 38.5. The van der Waals surface area contributed by atoms with Crippen LogP contribution in [0, 0.1) is 11.8 Å². The highest BCUT2D eigenvalue weighted by Gasteiger charge is 2.40. The molecule has 160 valence electrons. The van der Waals surface area contributed by atoms with Crippen LogP contribution in [0.3, 0.4) is 0 Å². The van der Waals surface area contributed by atoms with Crippen molar-refractivity contribution in [3.8, 4) is 0 Å². The van der Waals surface area contributed by atoms with Crippen molar-refractivity contribution in [1.82, 2.24) is 15.1 Å². The van der Waals surface area contributed by atoms with E-state index in [2.05, 4.69) is 17.1 Å². The van der Waals surface area contributed by atoms with Crippen LogP contribution in [0.25, 0.3) is 0 Å². The SMILES string of the molecule is CC1CCN(C2CCC(NC(=O)N3CCCC3C3COCCC3O)CC2)CC1. The lowest BCUT2D eigenvalue weighted by Gasteiger charge is -2.41. The van der Waals surface area contributed by atoms with E-state index in [1.54, 1.807) is 0 Å². The Hall–Kier alpha value is -0.850. The second-order valence-electron chi connectivity index (χ2n) is 9.67. The van der Waals surface area contributed by atoms with Crippen molar-refractivity contribution in [3.05, 3.63) is 0 Å². The highest BCUT2D eigenvalue weighted by Crippen LogP contribution is 2.31. The molecule has 3 saturated heterocycles. The maximum Gasteiger partial charge on any atom is 0.317 e. The Balaban J connectivity index is 1.25. The first-order valence-electron chi connectivity index (χ1n) is 11.7. The van der Waals surface area contributed by atoms with E-state index in [0.29, 0.717) is 25.7 Å².